The average Bonchev–Trinajstić information content (AvgIpc) is 3.30. The van der Waals surface area contributed by atoms with Crippen LogP contribution in [0.4, 0.5) is 10.7 Å². The molecular weight excluding hydrogens is 478 g/mol. The number of thiophene rings is 1. The fourth-order valence-corrected chi connectivity index (χ4v) is 5.97. The molecule has 11 heteroatoms. The average molecular weight is 500 g/mol. The molecule has 2 amide bonds. The standard InChI is InChI=1S/C23H21N3O6S2/c24-21(28)18-11-13-33-22(18)25-20(27)14-32-23(29)16-7-9-17(10-8-16)34(30,31)26-12-3-5-15-4-1-2-6-19(15)26/h1-2,4,6-11,13H,3,5,12,14H2,(H2,24,28)(H,25,27). The highest BCUT2D eigenvalue weighted by molar-refractivity contribution is 7.92. The van der Waals surface area contributed by atoms with E-state index in [2.05, 4.69) is 5.32 Å². The molecule has 0 bridgehead atoms. The number of carbonyl (C=O) groups excluding carboxylic acids is 3. The Bertz CT molecular complexity index is 1350. The second-order valence-electron chi connectivity index (χ2n) is 7.49. The normalized spacial score (nSPS) is 13.1. The maximum Gasteiger partial charge on any atom is 0.338 e. The molecule has 0 spiro atoms. The molecule has 0 saturated carbocycles. The summed E-state index contributed by atoms with van der Waals surface area (Å²) in [6, 6.07) is 14.2. The fourth-order valence-electron chi connectivity index (χ4n) is 3.62. The molecule has 0 radical (unpaired) electrons. The summed E-state index contributed by atoms with van der Waals surface area (Å²) in [4.78, 5) is 35.8. The van der Waals surface area contributed by atoms with Crippen molar-refractivity contribution in [1.82, 2.24) is 0 Å². The number of carbonyl (C=O) groups is 3. The van der Waals surface area contributed by atoms with E-state index in [0.717, 1.165) is 29.7 Å². The Morgan fingerprint density at radius 3 is 2.53 bits per heavy atom. The van der Waals surface area contributed by atoms with E-state index in [4.69, 9.17) is 10.5 Å². The van der Waals surface area contributed by atoms with Crippen molar-refractivity contribution >= 4 is 49.8 Å². The summed E-state index contributed by atoms with van der Waals surface area (Å²) in [6.07, 6.45) is 1.53. The molecule has 1 aromatic heterocycles. The largest absolute Gasteiger partial charge is 0.452 e. The summed E-state index contributed by atoms with van der Waals surface area (Å²) in [5.74, 6) is -2.11. The van der Waals surface area contributed by atoms with Gasteiger partial charge in [-0.3, -0.25) is 13.9 Å². The molecule has 0 unspecified atom stereocenters. The summed E-state index contributed by atoms with van der Waals surface area (Å²) < 4.78 is 32.8. The van der Waals surface area contributed by atoms with Crippen LogP contribution in [0.25, 0.3) is 0 Å². The van der Waals surface area contributed by atoms with Crippen LogP contribution in [0, 0.1) is 0 Å². The number of nitrogens with one attached hydrogen (secondary N) is 1. The van der Waals surface area contributed by atoms with Gasteiger partial charge in [-0.25, -0.2) is 13.2 Å². The first kappa shape index (κ1) is 23.5. The number of esters is 1. The van der Waals surface area contributed by atoms with E-state index in [1.807, 2.05) is 12.1 Å². The van der Waals surface area contributed by atoms with Gasteiger partial charge in [0, 0.05) is 6.54 Å². The number of fused-ring (bicyclic) bond motifs is 1. The molecule has 176 valence electrons. The van der Waals surface area contributed by atoms with E-state index < -0.39 is 34.4 Å². The number of sulfonamides is 1. The number of amides is 2. The lowest BCUT2D eigenvalue weighted by atomic mass is 10.0. The monoisotopic (exact) mass is 499 g/mol. The Morgan fingerprint density at radius 1 is 1.06 bits per heavy atom. The van der Waals surface area contributed by atoms with Gasteiger partial charge in [0.25, 0.3) is 21.8 Å². The summed E-state index contributed by atoms with van der Waals surface area (Å²) >= 11 is 1.11. The van der Waals surface area contributed by atoms with Crippen LogP contribution in [-0.2, 0) is 26.0 Å². The highest BCUT2D eigenvalue weighted by Gasteiger charge is 2.29. The van der Waals surface area contributed by atoms with Crippen LogP contribution >= 0.6 is 11.3 Å². The first-order valence-corrected chi connectivity index (χ1v) is 12.6. The predicted octanol–water partition coefficient (Wildman–Crippen LogP) is 2.78. The number of hydrogen-bond acceptors (Lipinski definition) is 7. The van der Waals surface area contributed by atoms with Gasteiger partial charge in [-0.05, 0) is 60.2 Å². The summed E-state index contributed by atoms with van der Waals surface area (Å²) in [5.41, 5.74) is 7.13. The maximum absolute atomic E-state index is 13.2. The summed E-state index contributed by atoms with van der Waals surface area (Å²) in [6.45, 7) is -0.209. The third kappa shape index (κ3) is 4.80. The second-order valence-corrected chi connectivity index (χ2v) is 10.3. The van der Waals surface area contributed by atoms with Crippen molar-refractivity contribution in [3.8, 4) is 0 Å². The van der Waals surface area contributed by atoms with Gasteiger partial charge in [-0.1, -0.05) is 18.2 Å². The van der Waals surface area contributed by atoms with Gasteiger partial charge in [0.05, 0.1) is 21.7 Å². The van der Waals surface area contributed by atoms with Gasteiger partial charge in [0.1, 0.15) is 5.00 Å². The van der Waals surface area contributed by atoms with E-state index in [0.29, 0.717) is 12.2 Å². The van der Waals surface area contributed by atoms with Gasteiger partial charge < -0.3 is 15.8 Å². The van der Waals surface area contributed by atoms with Crippen molar-refractivity contribution in [2.75, 3.05) is 22.8 Å². The quantitative estimate of drug-likeness (QED) is 0.480. The second kappa shape index (κ2) is 9.65. The van der Waals surface area contributed by atoms with E-state index in [1.54, 1.807) is 17.5 Å². The minimum atomic E-state index is -3.80. The highest BCUT2D eigenvalue weighted by atomic mass is 32.2. The predicted molar refractivity (Wildman–Crippen MR) is 127 cm³/mol. The first-order valence-electron chi connectivity index (χ1n) is 10.3. The number of aryl methyl sites for hydroxylation is 1. The molecule has 34 heavy (non-hydrogen) atoms. The summed E-state index contributed by atoms with van der Waals surface area (Å²) in [7, 11) is -3.80. The first-order chi connectivity index (χ1) is 16.3. The third-order valence-electron chi connectivity index (χ3n) is 5.26. The topological polar surface area (TPSA) is 136 Å². The van der Waals surface area contributed by atoms with Gasteiger partial charge in [0.15, 0.2) is 6.61 Å². The molecule has 1 aliphatic heterocycles. The third-order valence-corrected chi connectivity index (χ3v) is 7.92. The molecule has 3 N–H and O–H groups in total. The molecule has 0 saturated heterocycles. The number of ether oxygens (including phenoxy) is 1. The number of benzene rings is 2. The zero-order chi connectivity index (χ0) is 24.3. The number of para-hydroxylation sites is 1. The van der Waals surface area contributed by atoms with Crippen LogP contribution in [0.3, 0.4) is 0 Å². The molecule has 0 aliphatic carbocycles. The Labute approximate surface area is 200 Å². The lowest BCUT2D eigenvalue weighted by Crippen LogP contribution is -2.35. The van der Waals surface area contributed by atoms with Gasteiger partial charge in [-0.2, -0.15) is 0 Å². The zero-order valence-corrected chi connectivity index (χ0v) is 19.5. The molecular formula is C23H21N3O6S2. The van der Waals surface area contributed by atoms with Crippen LogP contribution in [0.2, 0.25) is 0 Å². The van der Waals surface area contributed by atoms with E-state index in [9.17, 15) is 22.8 Å². The Hall–Kier alpha value is -3.70. The summed E-state index contributed by atoms with van der Waals surface area (Å²) in [5, 5.41) is 4.33. The van der Waals surface area contributed by atoms with Crippen molar-refractivity contribution in [1.29, 1.82) is 0 Å². The minimum Gasteiger partial charge on any atom is -0.452 e. The van der Waals surface area contributed by atoms with Crippen molar-refractivity contribution < 1.29 is 27.5 Å². The van der Waals surface area contributed by atoms with Gasteiger partial charge in [0.2, 0.25) is 0 Å². The van der Waals surface area contributed by atoms with Crippen molar-refractivity contribution in [3.63, 3.8) is 0 Å². The fraction of sp³-hybridized carbons (Fsp3) is 0.174. The minimum absolute atomic E-state index is 0.0511. The number of hydrogen-bond donors (Lipinski definition) is 2. The van der Waals surface area contributed by atoms with E-state index in [-0.39, 0.29) is 21.0 Å². The maximum atomic E-state index is 13.2. The zero-order valence-electron chi connectivity index (χ0n) is 17.9. The number of rotatable bonds is 7. The van der Waals surface area contributed by atoms with Crippen LogP contribution in [0.5, 0.6) is 0 Å². The highest BCUT2D eigenvalue weighted by Crippen LogP contribution is 2.31. The van der Waals surface area contributed by atoms with Gasteiger partial charge >= 0.3 is 5.97 Å². The van der Waals surface area contributed by atoms with E-state index in [1.165, 1.54) is 34.6 Å². The molecule has 4 rings (SSSR count). The SMILES string of the molecule is NC(=O)c1ccsc1NC(=O)COC(=O)c1ccc(S(=O)(=O)N2CCCc3ccccc32)cc1. The Kier molecular flexibility index (Phi) is 6.66. The lowest BCUT2D eigenvalue weighted by Gasteiger charge is -2.30. The molecule has 2 aromatic carbocycles. The lowest BCUT2D eigenvalue weighted by molar-refractivity contribution is -0.119. The van der Waals surface area contributed by atoms with Crippen LogP contribution in [0.1, 0.15) is 32.7 Å². The van der Waals surface area contributed by atoms with Crippen LogP contribution in [-0.4, -0.2) is 39.4 Å². The molecule has 9 nitrogen and oxygen atoms in total. The van der Waals surface area contributed by atoms with E-state index >= 15 is 0 Å². The van der Waals surface area contributed by atoms with Crippen molar-refractivity contribution in [2.24, 2.45) is 5.73 Å². The van der Waals surface area contributed by atoms with Gasteiger partial charge in [-0.15, -0.1) is 11.3 Å². The number of primary amides is 1. The van der Waals surface area contributed by atoms with Crippen LogP contribution in [0.15, 0.2) is 64.9 Å². The number of anilines is 2. The van der Waals surface area contributed by atoms with Crippen molar-refractivity contribution in [2.45, 2.75) is 17.7 Å². The van der Waals surface area contributed by atoms with Crippen LogP contribution < -0.4 is 15.4 Å². The molecule has 1 aliphatic rings. The Balaban J connectivity index is 1.40. The Morgan fingerprint density at radius 2 is 1.79 bits per heavy atom. The molecule has 0 fully saturated rings. The molecule has 3 aromatic rings. The smallest absolute Gasteiger partial charge is 0.338 e. The molecule has 0 atom stereocenters. The van der Waals surface area contributed by atoms with Crippen molar-refractivity contribution in [3.05, 3.63) is 76.7 Å². The number of nitrogens with two attached hydrogens (primary N) is 1. The molecule has 2 heterocycles. The number of nitrogens with zero attached hydrogens (tertiary/aromatic N) is 1.